The second-order valence-corrected chi connectivity index (χ2v) is 6.11. The van der Waals surface area contributed by atoms with E-state index in [1.54, 1.807) is 0 Å². The number of anilines is 1. The molecule has 1 fully saturated rings. The van der Waals surface area contributed by atoms with Crippen molar-refractivity contribution < 1.29 is 9.53 Å². The number of carbonyl (C=O) groups is 1. The molecule has 1 N–H and O–H groups in total. The van der Waals surface area contributed by atoms with E-state index in [1.807, 2.05) is 42.7 Å². The number of nitrogens with one attached hydrogen (secondary N) is 1. The minimum atomic E-state index is -0.0359. The molecule has 1 atom stereocenters. The average Bonchev–Trinajstić information content (AvgIpc) is 3.26. The van der Waals surface area contributed by atoms with Gasteiger partial charge in [0.25, 0.3) is 0 Å². The molecule has 1 saturated heterocycles. The number of benzene rings is 2. The largest absolute Gasteiger partial charge is 0.381 e. The smallest absolute Gasteiger partial charge is 0.229 e. The lowest BCUT2D eigenvalue weighted by molar-refractivity contribution is -0.119. The lowest BCUT2D eigenvalue weighted by atomic mass is 10.1. The molecule has 24 heavy (non-hydrogen) atoms. The first-order chi connectivity index (χ1) is 11.8. The first-order valence-corrected chi connectivity index (χ1v) is 8.17. The van der Waals surface area contributed by atoms with Gasteiger partial charge in [-0.1, -0.05) is 24.3 Å². The van der Waals surface area contributed by atoms with Gasteiger partial charge in [0.05, 0.1) is 29.9 Å². The summed E-state index contributed by atoms with van der Waals surface area (Å²) in [6.45, 7) is 1.91. The summed E-state index contributed by atoms with van der Waals surface area (Å²) in [6, 6.07) is 16.0. The summed E-state index contributed by atoms with van der Waals surface area (Å²) in [6.07, 6.45) is 2.65. The molecule has 5 nitrogen and oxygen atoms in total. The topological polar surface area (TPSA) is 56.2 Å². The van der Waals surface area contributed by atoms with Crippen molar-refractivity contribution >= 4 is 22.6 Å². The van der Waals surface area contributed by atoms with Crippen LogP contribution in [0.5, 0.6) is 0 Å². The van der Waals surface area contributed by atoms with Gasteiger partial charge in [-0.25, -0.2) is 4.98 Å². The SMILES string of the molecule is O=C(Nc1cccc(Cn2cnc3ccccc32)c1)[C@@H]1CCOC1. The Morgan fingerprint density at radius 1 is 1.25 bits per heavy atom. The Balaban J connectivity index is 1.51. The van der Waals surface area contributed by atoms with Gasteiger partial charge >= 0.3 is 0 Å². The fourth-order valence-corrected chi connectivity index (χ4v) is 3.07. The number of para-hydroxylation sites is 2. The Bertz CT molecular complexity index is 866. The van der Waals surface area contributed by atoms with Crippen LogP contribution in [0.4, 0.5) is 5.69 Å². The van der Waals surface area contributed by atoms with Gasteiger partial charge in [0.15, 0.2) is 0 Å². The van der Waals surface area contributed by atoms with Gasteiger partial charge in [-0.05, 0) is 36.2 Å². The summed E-state index contributed by atoms with van der Waals surface area (Å²) in [7, 11) is 0. The van der Waals surface area contributed by atoms with Gasteiger partial charge in [-0.15, -0.1) is 0 Å². The maximum absolute atomic E-state index is 12.2. The van der Waals surface area contributed by atoms with Crippen LogP contribution in [-0.2, 0) is 16.1 Å². The van der Waals surface area contributed by atoms with E-state index in [-0.39, 0.29) is 11.8 Å². The molecule has 0 unspecified atom stereocenters. The fourth-order valence-electron chi connectivity index (χ4n) is 3.07. The van der Waals surface area contributed by atoms with Gasteiger partial charge in [0.2, 0.25) is 5.91 Å². The van der Waals surface area contributed by atoms with Crippen LogP contribution in [0.2, 0.25) is 0 Å². The van der Waals surface area contributed by atoms with E-state index < -0.39 is 0 Å². The summed E-state index contributed by atoms with van der Waals surface area (Å²) in [5.74, 6) is 0.00368. The number of aromatic nitrogens is 2. The number of nitrogens with zero attached hydrogens (tertiary/aromatic N) is 2. The summed E-state index contributed by atoms with van der Waals surface area (Å²) in [5, 5.41) is 3.00. The molecule has 3 aromatic rings. The number of fused-ring (bicyclic) bond motifs is 1. The molecule has 0 radical (unpaired) electrons. The zero-order valence-corrected chi connectivity index (χ0v) is 13.3. The number of hydrogen-bond donors (Lipinski definition) is 1. The zero-order chi connectivity index (χ0) is 16.4. The molecule has 0 saturated carbocycles. The molecule has 0 bridgehead atoms. The number of carbonyl (C=O) groups excluding carboxylic acids is 1. The Morgan fingerprint density at radius 2 is 2.17 bits per heavy atom. The lowest BCUT2D eigenvalue weighted by Crippen LogP contribution is -2.22. The van der Waals surface area contributed by atoms with Gasteiger partial charge < -0.3 is 14.6 Å². The molecule has 4 rings (SSSR count). The van der Waals surface area contributed by atoms with Crippen molar-refractivity contribution in [3.05, 3.63) is 60.4 Å². The molecule has 122 valence electrons. The summed E-state index contributed by atoms with van der Waals surface area (Å²) >= 11 is 0. The molecule has 1 aromatic heterocycles. The maximum Gasteiger partial charge on any atom is 0.229 e. The molecule has 1 amide bonds. The van der Waals surface area contributed by atoms with Crippen molar-refractivity contribution in [1.29, 1.82) is 0 Å². The van der Waals surface area contributed by atoms with Crippen LogP contribution in [0.3, 0.4) is 0 Å². The van der Waals surface area contributed by atoms with E-state index in [4.69, 9.17) is 4.74 Å². The predicted molar refractivity (Wildman–Crippen MR) is 92.8 cm³/mol. The lowest BCUT2D eigenvalue weighted by Gasteiger charge is -2.11. The molecule has 0 spiro atoms. The highest BCUT2D eigenvalue weighted by molar-refractivity contribution is 5.92. The van der Waals surface area contributed by atoms with Crippen molar-refractivity contribution in [1.82, 2.24) is 9.55 Å². The van der Waals surface area contributed by atoms with Crippen LogP contribution >= 0.6 is 0 Å². The van der Waals surface area contributed by atoms with Crippen molar-refractivity contribution in [2.24, 2.45) is 5.92 Å². The highest BCUT2D eigenvalue weighted by Crippen LogP contribution is 2.19. The third kappa shape index (κ3) is 3.03. The number of imidazole rings is 1. The quantitative estimate of drug-likeness (QED) is 0.803. The number of ether oxygens (including phenoxy) is 1. The maximum atomic E-state index is 12.2. The van der Waals surface area contributed by atoms with E-state index in [2.05, 4.69) is 27.0 Å². The molecular formula is C19H19N3O2. The third-order valence-corrected chi connectivity index (χ3v) is 4.38. The van der Waals surface area contributed by atoms with Gasteiger partial charge in [0, 0.05) is 18.8 Å². The van der Waals surface area contributed by atoms with Gasteiger partial charge in [-0.3, -0.25) is 4.79 Å². The van der Waals surface area contributed by atoms with Crippen LogP contribution in [0, 0.1) is 5.92 Å². The highest BCUT2D eigenvalue weighted by Gasteiger charge is 2.23. The second-order valence-electron chi connectivity index (χ2n) is 6.11. The first kappa shape index (κ1) is 14.9. The normalized spacial score (nSPS) is 17.2. The Labute approximate surface area is 140 Å². The third-order valence-electron chi connectivity index (χ3n) is 4.38. The van der Waals surface area contributed by atoms with E-state index in [0.29, 0.717) is 13.2 Å². The number of amides is 1. The standard InChI is InChI=1S/C19H19N3O2/c23-19(15-8-9-24-12-15)21-16-5-3-4-14(10-16)11-22-13-20-17-6-1-2-7-18(17)22/h1-7,10,13,15H,8-9,11-12H2,(H,21,23)/t15-/m1/s1. The van der Waals surface area contributed by atoms with E-state index >= 15 is 0 Å². The molecule has 5 heteroatoms. The average molecular weight is 321 g/mol. The molecule has 0 aliphatic carbocycles. The highest BCUT2D eigenvalue weighted by atomic mass is 16.5. The summed E-state index contributed by atoms with van der Waals surface area (Å²) in [4.78, 5) is 16.6. The van der Waals surface area contributed by atoms with Crippen LogP contribution in [0.25, 0.3) is 11.0 Å². The number of hydrogen-bond acceptors (Lipinski definition) is 3. The van der Waals surface area contributed by atoms with Crippen molar-refractivity contribution in [2.45, 2.75) is 13.0 Å². The van der Waals surface area contributed by atoms with E-state index in [1.165, 1.54) is 0 Å². The van der Waals surface area contributed by atoms with Gasteiger partial charge in [0.1, 0.15) is 0 Å². The first-order valence-electron chi connectivity index (χ1n) is 8.17. The monoisotopic (exact) mass is 321 g/mol. The molecule has 2 heterocycles. The summed E-state index contributed by atoms with van der Waals surface area (Å²) < 4.78 is 7.39. The zero-order valence-electron chi connectivity index (χ0n) is 13.3. The van der Waals surface area contributed by atoms with Crippen LogP contribution in [0.1, 0.15) is 12.0 Å². The van der Waals surface area contributed by atoms with Crippen LogP contribution in [-0.4, -0.2) is 28.7 Å². The Hall–Kier alpha value is -2.66. The second kappa shape index (κ2) is 6.45. The fraction of sp³-hybridized carbons (Fsp3) is 0.263. The summed E-state index contributed by atoms with van der Waals surface area (Å²) in [5.41, 5.74) is 4.05. The Morgan fingerprint density at radius 3 is 3.04 bits per heavy atom. The number of rotatable bonds is 4. The molecule has 1 aliphatic heterocycles. The van der Waals surface area contributed by atoms with Crippen molar-refractivity contribution in [3.8, 4) is 0 Å². The molecule has 2 aromatic carbocycles. The van der Waals surface area contributed by atoms with Crippen LogP contribution in [0.15, 0.2) is 54.9 Å². The van der Waals surface area contributed by atoms with E-state index in [9.17, 15) is 4.79 Å². The predicted octanol–water partition coefficient (Wildman–Crippen LogP) is 3.06. The van der Waals surface area contributed by atoms with E-state index in [0.717, 1.165) is 35.2 Å². The van der Waals surface area contributed by atoms with Crippen molar-refractivity contribution in [3.63, 3.8) is 0 Å². The van der Waals surface area contributed by atoms with Gasteiger partial charge in [-0.2, -0.15) is 0 Å². The van der Waals surface area contributed by atoms with Crippen molar-refractivity contribution in [2.75, 3.05) is 18.5 Å². The van der Waals surface area contributed by atoms with Crippen LogP contribution < -0.4 is 5.32 Å². The Kier molecular flexibility index (Phi) is 4.01. The minimum absolute atomic E-state index is 0.0359. The minimum Gasteiger partial charge on any atom is -0.381 e. The molecule has 1 aliphatic rings. The molecular weight excluding hydrogens is 302 g/mol.